The number of nitrogens with zero attached hydrogens (tertiary/aromatic N) is 5. The predicted molar refractivity (Wildman–Crippen MR) is 106 cm³/mol. The number of amides is 1. The predicted octanol–water partition coefficient (Wildman–Crippen LogP) is 1.28. The van der Waals surface area contributed by atoms with E-state index in [0.717, 1.165) is 37.6 Å². The molecule has 28 heavy (non-hydrogen) atoms. The molecule has 2 saturated heterocycles. The van der Waals surface area contributed by atoms with Gasteiger partial charge < -0.3 is 24.2 Å². The van der Waals surface area contributed by atoms with Crippen molar-refractivity contribution in [1.29, 1.82) is 0 Å². The third-order valence-electron chi connectivity index (χ3n) is 5.15. The summed E-state index contributed by atoms with van der Waals surface area (Å²) in [6, 6.07) is 9.74. The summed E-state index contributed by atoms with van der Waals surface area (Å²) >= 11 is 0. The highest BCUT2D eigenvalue weighted by Crippen LogP contribution is 2.28. The summed E-state index contributed by atoms with van der Waals surface area (Å²) in [6.07, 6.45) is 1.67. The van der Waals surface area contributed by atoms with Crippen molar-refractivity contribution in [2.75, 3.05) is 69.4 Å². The molecule has 4 rings (SSSR count). The van der Waals surface area contributed by atoms with Gasteiger partial charge in [0.1, 0.15) is 11.4 Å². The highest BCUT2D eigenvalue weighted by Gasteiger charge is 2.24. The lowest BCUT2D eigenvalue weighted by molar-refractivity contribution is 0.0299. The van der Waals surface area contributed by atoms with Crippen molar-refractivity contribution in [3.8, 4) is 5.75 Å². The van der Waals surface area contributed by atoms with E-state index in [1.807, 2.05) is 18.2 Å². The Balaban J connectivity index is 1.43. The van der Waals surface area contributed by atoms with Crippen molar-refractivity contribution < 1.29 is 14.3 Å². The molecule has 2 aliphatic heterocycles. The van der Waals surface area contributed by atoms with Gasteiger partial charge in [-0.15, -0.1) is 0 Å². The smallest absolute Gasteiger partial charge is 0.272 e. The zero-order valence-electron chi connectivity index (χ0n) is 16.1. The van der Waals surface area contributed by atoms with E-state index < -0.39 is 0 Å². The summed E-state index contributed by atoms with van der Waals surface area (Å²) in [4.78, 5) is 27.8. The number of hydrogen-bond acceptors (Lipinski definition) is 7. The van der Waals surface area contributed by atoms with Crippen LogP contribution in [-0.4, -0.2) is 80.4 Å². The molecule has 148 valence electrons. The average molecular weight is 383 g/mol. The van der Waals surface area contributed by atoms with Crippen LogP contribution in [0.5, 0.6) is 5.75 Å². The molecule has 0 unspecified atom stereocenters. The van der Waals surface area contributed by atoms with Gasteiger partial charge in [-0.05, 0) is 18.2 Å². The quantitative estimate of drug-likeness (QED) is 0.788. The number of hydrogen-bond donors (Lipinski definition) is 0. The number of methoxy groups -OCH3 is 1. The van der Waals surface area contributed by atoms with E-state index in [2.05, 4.69) is 25.8 Å². The Morgan fingerprint density at radius 1 is 1.00 bits per heavy atom. The Labute approximate surface area is 164 Å². The Morgan fingerprint density at radius 2 is 1.71 bits per heavy atom. The van der Waals surface area contributed by atoms with Crippen LogP contribution in [0.4, 0.5) is 11.6 Å². The fraction of sp³-hybridized carbons (Fsp3) is 0.450. The summed E-state index contributed by atoms with van der Waals surface area (Å²) in [5.41, 5.74) is 1.54. The van der Waals surface area contributed by atoms with Gasteiger partial charge in [-0.2, -0.15) is 0 Å². The second-order valence-corrected chi connectivity index (χ2v) is 6.79. The normalized spacial score (nSPS) is 17.5. The number of carbonyl (C=O) groups excluding carboxylic acids is 1. The monoisotopic (exact) mass is 383 g/mol. The van der Waals surface area contributed by atoms with E-state index >= 15 is 0 Å². The van der Waals surface area contributed by atoms with E-state index in [-0.39, 0.29) is 5.91 Å². The number of para-hydroxylation sites is 2. The molecule has 0 atom stereocenters. The second kappa shape index (κ2) is 8.43. The molecule has 0 bridgehead atoms. The van der Waals surface area contributed by atoms with Gasteiger partial charge in [0.25, 0.3) is 5.91 Å². The summed E-state index contributed by atoms with van der Waals surface area (Å²) in [6.45, 7) is 5.62. The topological polar surface area (TPSA) is 71.0 Å². The minimum Gasteiger partial charge on any atom is -0.495 e. The van der Waals surface area contributed by atoms with E-state index in [0.29, 0.717) is 37.9 Å². The number of benzene rings is 1. The molecule has 8 nitrogen and oxygen atoms in total. The molecule has 2 aromatic rings. The first-order chi connectivity index (χ1) is 13.8. The van der Waals surface area contributed by atoms with Crippen LogP contribution in [0.15, 0.2) is 36.5 Å². The number of anilines is 2. The van der Waals surface area contributed by atoms with Crippen molar-refractivity contribution in [2.45, 2.75) is 0 Å². The number of rotatable bonds is 4. The third-order valence-corrected chi connectivity index (χ3v) is 5.15. The minimum absolute atomic E-state index is 0.0559. The van der Waals surface area contributed by atoms with Crippen LogP contribution in [0.25, 0.3) is 0 Å². The largest absolute Gasteiger partial charge is 0.495 e. The zero-order chi connectivity index (χ0) is 19.3. The lowest BCUT2D eigenvalue weighted by Gasteiger charge is -2.36. The van der Waals surface area contributed by atoms with Gasteiger partial charge in [0.05, 0.1) is 26.0 Å². The number of carbonyl (C=O) groups is 1. The molecule has 0 aliphatic carbocycles. The van der Waals surface area contributed by atoms with Crippen LogP contribution in [0.1, 0.15) is 10.5 Å². The molecule has 0 radical (unpaired) electrons. The highest BCUT2D eigenvalue weighted by molar-refractivity contribution is 5.92. The first kappa shape index (κ1) is 18.5. The third kappa shape index (κ3) is 3.87. The number of morpholine rings is 1. The maximum Gasteiger partial charge on any atom is 0.272 e. The van der Waals surface area contributed by atoms with Crippen molar-refractivity contribution in [2.24, 2.45) is 0 Å². The summed E-state index contributed by atoms with van der Waals surface area (Å²) in [5.74, 6) is 1.43. The van der Waals surface area contributed by atoms with E-state index in [1.165, 1.54) is 0 Å². The van der Waals surface area contributed by atoms with E-state index in [9.17, 15) is 4.79 Å². The summed E-state index contributed by atoms with van der Waals surface area (Å²) in [7, 11) is 1.69. The zero-order valence-corrected chi connectivity index (χ0v) is 16.1. The highest BCUT2D eigenvalue weighted by atomic mass is 16.5. The van der Waals surface area contributed by atoms with Crippen molar-refractivity contribution >= 4 is 17.5 Å². The van der Waals surface area contributed by atoms with Gasteiger partial charge in [-0.25, -0.2) is 9.97 Å². The van der Waals surface area contributed by atoms with Gasteiger partial charge in [-0.3, -0.25) is 4.79 Å². The molecule has 8 heteroatoms. The van der Waals surface area contributed by atoms with Crippen molar-refractivity contribution in [1.82, 2.24) is 14.9 Å². The number of piperazine rings is 1. The van der Waals surface area contributed by atoms with Crippen LogP contribution in [0.3, 0.4) is 0 Å². The second-order valence-electron chi connectivity index (χ2n) is 6.79. The van der Waals surface area contributed by atoms with E-state index in [4.69, 9.17) is 9.47 Å². The van der Waals surface area contributed by atoms with Gasteiger partial charge in [-0.1, -0.05) is 12.1 Å². The number of aromatic nitrogens is 2. The lowest BCUT2D eigenvalue weighted by Crippen LogP contribution is -2.47. The first-order valence-corrected chi connectivity index (χ1v) is 9.59. The Morgan fingerprint density at radius 3 is 2.46 bits per heavy atom. The lowest BCUT2D eigenvalue weighted by atomic mass is 10.2. The first-order valence-electron chi connectivity index (χ1n) is 9.59. The van der Waals surface area contributed by atoms with Crippen molar-refractivity contribution in [3.05, 3.63) is 42.2 Å². The number of ether oxygens (including phenoxy) is 2. The SMILES string of the molecule is COc1ccccc1N1CCN(c2nccc(C(=O)N3CCOCC3)n2)CC1. The van der Waals surface area contributed by atoms with Crippen LogP contribution < -0.4 is 14.5 Å². The summed E-state index contributed by atoms with van der Waals surface area (Å²) in [5, 5.41) is 0. The molecule has 0 spiro atoms. The van der Waals surface area contributed by atoms with Gasteiger partial charge >= 0.3 is 0 Å². The van der Waals surface area contributed by atoms with Crippen LogP contribution >= 0.6 is 0 Å². The fourth-order valence-electron chi connectivity index (χ4n) is 3.59. The minimum atomic E-state index is -0.0559. The maximum absolute atomic E-state index is 12.7. The van der Waals surface area contributed by atoms with Crippen LogP contribution in [0.2, 0.25) is 0 Å². The van der Waals surface area contributed by atoms with Crippen LogP contribution in [-0.2, 0) is 4.74 Å². The average Bonchev–Trinajstić information content (AvgIpc) is 2.79. The van der Waals surface area contributed by atoms with Crippen LogP contribution in [0, 0.1) is 0 Å². The molecule has 2 fully saturated rings. The van der Waals surface area contributed by atoms with Crippen molar-refractivity contribution in [3.63, 3.8) is 0 Å². The Kier molecular flexibility index (Phi) is 5.57. The van der Waals surface area contributed by atoms with Gasteiger partial charge in [0, 0.05) is 45.5 Å². The Bertz CT molecular complexity index is 817. The molecule has 0 N–H and O–H groups in total. The molecule has 0 saturated carbocycles. The molecule has 1 aromatic heterocycles. The molecular formula is C20H25N5O3. The molecule has 2 aliphatic rings. The standard InChI is InChI=1S/C20H25N5O3/c1-27-18-5-3-2-4-17(18)23-8-10-25(11-9-23)20-21-7-6-16(22-20)19(26)24-12-14-28-15-13-24/h2-7H,8-15H2,1H3. The fourth-order valence-corrected chi connectivity index (χ4v) is 3.59. The van der Waals surface area contributed by atoms with Gasteiger partial charge in [0.2, 0.25) is 5.95 Å². The molecule has 1 aromatic carbocycles. The molecule has 1 amide bonds. The maximum atomic E-state index is 12.7. The van der Waals surface area contributed by atoms with Gasteiger partial charge in [0.15, 0.2) is 0 Å². The molecule has 3 heterocycles. The Hall–Kier alpha value is -2.87. The molecular weight excluding hydrogens is 358 g/mol. The van der Waals surface area contributed by atoms with E-state index in [1.54, 1.807) is 24.3 Å². The summed E-state index contributed by atoms with van der Waals surface area (Å²) < 4.78 is 10.8.